The quantitative estimate of drug-likeness (QED) is 0.799. The number of pyridine rings is 1. The first kappa shape index (κ1) is 9.18. The van der Waals surface area contributed by atoms with Gasteiger partial charge < -0.3 is 4.74 Å². The van der Waals surface area contributed by atoms with Crippen molar-refractivity contribution in [2.75, 3.05) is 6.61 Å². The molecule has 1 aliphatic carbocycles. The number of rotatable bonds is 3. The van der Waals surface area contributed by atoms with Crippen molar-refractivity contribution in [2.24, 2.45) is 5.92 Å². The Hall–Kier alpha value is -0.390. The van der Waals surface area contributed by atoms with Gasteiger partial charge in [-0.1, -0.05) is 0 Å². The van der Waals surface area contributed by atoms with Gasteiger partial charge in [0.15, 0.2) is 5.82 Å². The van der Waals surface area contributed by atoms with Crippen molar-refractivity contribution in [3.05, 3.63) is 21.7 Å². The Morgan fingerprint density at radius 1 is 1.62 bits per heavy atom. The Labute approximate surface area is 89.6 Å². The van der Waals surface area contributed by atoms with Crippen LogP contribution in [0.3, 0.4) is 0 Å². The minimum absolute atomic E-state index is 0.132. The van der Waals surface area contributed by atoms with Gasteiger partial charge in [0.05, 0.1) is 6.61 Å². The summed E-state index contributed by atoms with van der Waals surface area (Å²) in [6.07, 6.45) is 4.00. The Morgan fingerprint density at radius 3 is 3.00 bits per heavy atom. The van der Waals surface area contributed by atoms with Gasteiger partial charge in [0.2, 0.25) is 5.88 Å². The molecule has 13 heavy (non-hydrogen) atoms. The lowest BCUT2D eigenvalue weighted by Gasteiger charge is -2.04. The lowest BCUT2D eigenvalue weighted by atomic mass is 10.4. The minimum atomic E-state index is -0.368. The molecule has 2 nitrogen and oxygen atoms in total. The maximum Gasteiger partial charge on any atom is 0.250 e. The molecule has 1 saturated carbocycles. The van der Waals surface area contributed by atoms with Crippen molar-refractivity contribution in [1.29, 1.82) is 0 Å². The van der Waals surface area contributed by atoms with Crippen LogP contribution in [0.1, 0.15) is 12.8 Å². The summed E-state index contributed by atoms with van der Waals surface area (Å²) >= 11 is 2.02. The fourth-order valence-corrected chi connectivity index (χ4v) is 1.40. The molecule has 0 bridgehead atoms. The zero-order valence-corrected chi connectivity index (χ0v) is 9.12. The lowest BCUT2D eigenvalue weighted by molar-refractivity contribution is 0.273. The Morgan fingerprint density at radius 2 is 2.38 bits per heavy atom. The highest BCUT2D eigenvalue weighted by molar-refractivity contribution is 14.1. The molecule has 0 N–H and O–H groups in total. The molecule has 0 aromatic carbocycles. The third-order valence-electron chi connectivity index (χ3n) is 1.93. The number of ether oxygens (including phenoxy) is 1. The van der Waals surface area contributed by atoms with E-state index in [0.717, 1.165) is 3.57 Å². The second-order valence-electron chi connectivity index (χ2n) is 3.19. The van der Waals surface area contributed by atoms with Gasteiger partial charge in [-0.2, -0.15) is 0 Å². The molecule has 1 heterocycles. The topological polar surface area (TPSA) is 22.1 Å². The van der Waals surface area contributed by atoms with Crippen LogP contribution in [0.2, 0.25) is 0 Å². The molecule has 1 aromatic rings. The largest absolute Gasteiger partial charge is 0.475 e. The first-order valence-electron chi connectivity index (χ1n) is 4.19. The van der Waals surface area contributed by atoms with E-state index in [1.807, 2.05) is 22.6 Å². The van der Waals surface area contributed by atoms with E-state index in [9.17, 15) is 4.39 Å². The second-order valence-corrected chi connectivity index (χ2v) is 4.44. The van der Waals surface area contributed by atoms with E-state index < -0.39 is 0 Å². The van der Waals surface area contributed by atoms with Crippen molar-refractivity contribution in [2.45, 2.75) is 12.8 Å². The van der Waals surface area contributed by atoms with Gasteiger partial charge in [-0.05, 0) is 47.4 Å². The van der Waals surface area contributed by atoms with E-state index in [1.165, 1.54) is 18.9 Å². The average Bonchev–Trinajstić information content (AvgIpc) is 2.86. The fraction of sp³-hybridized carbons (Fsp3) is 0.444. The molecule has 70 valence electrons. The summed E-state index contributed by atoms with van der Waals surface area (Å²) in [7, 11) is 0. The molecule has 0 unspecified atom stereocenters. The average molecular weight is 293 g/mol. The Balaban J connectivity index is 2.01. The predicted octanol–water partition coefficient (Wildman–Crippen LogP) is 2.61. The molecule has 2 rings (SSSR count). The molecule has 1 aromatic heterocycles. The summed E-state index contributed by atoms with van der Waals surface area (Å²) < 4.78 is 19.1. The van der Waals surface area contributed by atoms with E-state index in [1.54, 1.807) is 6.20 Å². The van der Waals surface area contributed by atoms with E-state index in [4.69, 9.17) is 4.74 Å². The van der Waals surface area contributed by atoms with E-state index in [2.05, 4.69) is 4.98 Å². The van der Waals surface area contributed by atoms with Crippen molar-refractivity contribution < 1.29 is 9.13 Å². The van der Waals surface area contributed by atoms with Crippen LogP contribution in [0.5, 0.6) is 5.88 Å². The van der Waals surface area contributed by atoms with Crippen molar-refractivity contribution >= 4 is 22.6 Å². The maximum absolute atomic E-state index is 13.1. The summed E-state index contributed by atoms with van der Waals surface area (Å²) in [6, 6.07) is 1.43. The first-order chi connectivity index (χ1) is 6.25. The number of hydrogen-bond donors (Lipinski definition) is 0. The van der Waals surface area contributed by atoms with Gasteiger partial charge in [-0.25, -0.2) is 9.37 Å². The third kappa shape index (κ3) is 2.52. The summed E-state index contributed by atoms with van der Waals surface area (Å²) in [6.45, 7) is 0.602. The highest BCUT2D eigenvalue weighted by Crippen LogP contribution is 2.29. The standard InChI is InChI=1S/C9H9FINO/c10-8-3-7(11)4-12-9(8)13-5-6-1-2-6/h3-4,6H,1-2,5H2. The smallest absolute Gasteiger partial charge is 0.250 e. The number of aromatic nitrogens is 1. The van der Waals surface area contributed by atoms with Gasteiger partial charge in [0.1, 0.15) is 0 Å². The molecule has 0 aliphatic heterocycles. The molecule has 1 aliphatic rings. The van der Waals surface area contributed by atoms with Crippen LogP contribution in [0.4, 0.5) is 4.39 Å². The van der Waals surface area contributed by atoms with E-state index >= 15 is 0 Å². The molecule has 4 heteroatoms. The lowest BCUT2D eigenvalue weighted by Crippen LogP contribution is -2.02. The normalized spacial score (nSPS) is 15.8. The fourth-order valence-electron chi connectivity index (χ4n) is 0.990. The monoisotopic (exact) mass is 293 g/mol. The van der Waals surface area contributed by atoms with Crippen molar-refractivity contribution in [3.8, 4) is 5.88 Å². The Bertz CT molecular complexity index is 314. The molecule has 0 radical (unpaired) electrons. The highest BCUT2D eigenvalue weighted by Gasteiger charge is 2.22. The molecular formula is C9H9FINO. The van der Waals surface area contributed by atoms with Crippen LogP contribution in [0, 0.1) is 15.3 Å². The molecule has 0 amide bonds. The van der Waals surface area contributed by atoms with Gasteiger partial charge in [0.25, 0.3) is 0 Å². The molecule has 1 fully saturated rings. The van der Waals surface area contributed by atoms with Crippen molar-refractivity contribution in [1.82, 2.24) is 4.98 Å². The predicted molar refractivity (Wildman–Crippen MR) is 55.1 cm³/mol. The number of hydrogen-bond acceptors (Lipinski definition) is 2. The second kappa shape index (κ2) is 3.77. The van der Waals surface area contributed by atoms with Crippen LogP contribution < -0.4 is 4.74 Å². The van der Waals surface area contributed by atoms with Crippen molar-refractivity contribution in [3.63, 3.8) is 0 Å². The SMILES string of the molecule is Fc1cc(I)cnc1OCC1CC1. The summed E-state index contributed by atoms with van der Waals surface area (Å²) in [5, 5.41) is 0. The zero-order chi connectivity index (χ0) is 9.26. The van der Waals surface area contributed by atoms with Crippen LogP contribution in [-0.4, -0.2) is 11.6 Å². The third-order valence-corrected chi connectivity index (χ3v) is 2.52. The first-order valence-corrected chi connectivity index (χ1v) is 5.27. The van der Waals surface area contributed by atoms with Crippen LogP contribution in [0.25, 0.3) is 0 Å². The van der Waals surface area contributed by atoms with E-state index in [0.29, 0.717) is 12.5 Å². The summed E-state index contributed by atoms with van der Waals surface area (Å²) in [5.74, 6) is 0.389. The molecular weight excluding hydrogens is 284 g/mol. The van der Waals surface area contributed by atoms with Crippen LogP contribution in [-0.2, 0) is 0 Å². The molecule has 0 atom stereocenters. The van der Waals surface area contributed by atoms with Gasteiger partial charge in [-0.3, -0.25) is 0 Å². The zero-order valence-electron chi connectivity index (χ0n) is 6.96. The Kier molecular flexibility index (Phi) is 2.66. The summed E-state index contributed by atoms with van der Waals surface area (Å²) in [4.78, 5) is 3.87. The molecule has 0 saturated heterocycles. The maximum atomic E-state index is 13.1. The minimum Gasteiger partial charge on any atom is -0.475 e. The van der Waals surface area contributed by atoms with Gasteiger partial charge >= 0.3 is 0 Å². The number of halogens is 2. The van der Waals surface area contributed by atoms with Gasteiger partial charge in [-0.15, -0.1) is 0 Å². The van der Waals surface area contributed by atoms with E-state index in [-0.39, 0.29) is 11.7 Å². The highest BCUT2D eigenvalue weighted by atomic mass is 127. The van der Waals surface area contributed by atoms with Crippen LogP contribution >= 0.6 is 22.6 Å². The van der Waals surface area contributed by atoms with Gasteiger partial charge in [0, 0.05) is 9.77 Å². The number of nitrogens with zero attached hydrogens (tertiary/aromatic N) is 1. The summed E-state index contributed by atoms with van der Waals surface area (Å²) in [5.41, 5.74) is 0. The van der Waals surface area contributed by atoms with Crippen LogP contribution in [0.15, 0.2) is 12.3 Å². The molecule has 0 spiro atoms.